The minimum Gasteiger partial charge on any atom is -0.384 e. The average Bonchev–Trinajstić information content (AvgIpc) is 2.63. The van der Waals surface area contributed by atoms with E-state index in [0.717, 1.165) is 38.0 Å². The predicted molar refractivity (Wildman–Crippen MR) is 104 cm³/mol. The van der Waals surface area contributed by atoms with Crippen molar-refractivity contribution in [2.75, 3.05) is 38.8 Å². The highest BCUT2D eigenvalue weighted by Crippen LogP contribution is 2.53. The molecule has 140 valence electrons. The van der Waals surface area contributed by atoms with Crippen molar-refractivity contribution in [2.24, 2.45) is 11.3 Å². The maximum Gasteiger partial charge on any atom is 0.231 e. The van der Waals surface area contributed by atoms with Crippen molar-refractivity contribution in [2.45, 2.75) is 38.5 Å². The molecule has 1 aromatic rings. The van der Waals surface area contributed by atoms with Gasteiger partial charge in [-0.3, -0.25) is 9.69 Å². The second kappa shape index (κ2) is 6.82. The monoisotopic (exact) mass is 354 g/mol. The summed E-state index contributed by atoms with van der Waals surface area (Å²) in [6, 6.07) is 8.44. The largest absolute Gasteiger partial charge is 0.384 e. The fourth-order valence-corrected chi connectivity index (χ4v) is 5.40. The lowest BCUT2D eigenvalue weighted by Crippen LogP contribution is -2.52. The van der Waals surface area contributed by atoms with Crippen molar-refractivity contribution in [3.05, 3.63) is 41.6 Å². The van der Waals surface area contributed by atoms with Crippen LogP contribution in [0.2, 0.25) is 0 Å². The van der Waals surface area contributed by atoms with Gasteiger partial charge in [0, 0.05) is 37.6 Å². The van der Waals surface area contributed by atoms with Gasteiger partial charge in [-0.25, -0.2) is 0 Å². The molecule has 0 saturated carbocycles. The number of piperidine rings is 1. The van der Waals surface area contributed by atoms with Crippen LogP contribution >= 0.6 is 0 Å². The topological polar surface area (TPSA) is 32.8 Å². The van der Waals surface area contributed by atoms with Crippen molar-refractivity contribution in [3.8, 4) is 0 Å². The molecule has 0 N–H and O–H groups in total. The Morgan fingerprint density at radius 2 is 2.12 bits per heavy atom. The maximum absolute atomic E-state index is 13.3. The molecule has 3 bridgehead atoms. The number of ether oxygens (including phenoxy) is 1. The normalized spacial score (nSPS) is 31.6. The number of carbonyl (C=O) groups is 1. The van der Waals surface area contributed by atoms with E-state index >= 15 is 0 Å². The van der Waals surface area contributed by atoms with Gasteiger partial charge in [0.25, 0.3) is 0 Å². The molecule has 1 fully saturated rings. The van der Waals surface area contributed by atoms with Crippen LogP contribution in [0.1, 0.15) is 44.1 Å². The van der Waals surface area contributed by atoms with Crippen LogP contribution in [0.3, 0.4) is 0 Å². The Morgan fingerprint density at radius 1 is 1.31 bits per heavy atom. The molecule has 1 saturated heterocycles. The number of nitrogens with zero attached hydrogens (tertiary/aromatic N) is 2. The van der Waals surface area contributed by atoms with E-state index in [-0.39, 0.29) is 17.2 Å². The second-order valence-corrected chi connectivity index (χ2v) is 8.25. The lowest BCUT2D eigenvalue weighted by Gasteiger charge is -2.51. The van der Waals surface area contributed by atoms with Crippen molar-refractivity contribution in [3.63, 3.8) is 0 Å². The Kier molecular flexibility index (Phi) is 4.66. The summed E-state index contributed by atoms with van der Waals surface area (Å²) in [7, 11) is 4.01. The Hall–Kier alpha value is -1.65. The van der Waals surface area contributed by atoms with Gasteiger partial charge in [-0.15, -0.1) is 0 Å². The molecule has 3 atom stereocenters. The summed E-state index contributed by atoms with van der Waals surface area (Å²) < 4.78 is 5.68. The number of hydrogen-bond donors (Lipinski definition) is 0. The van der Waals surface area contributed by atoms with Crippen molar-refractivity contribution < 1.29 is 9.53 Å². The number of carbonyl (C=O) groups excluding carboxylic acids is 1. The lowest BCUT2D eigenvalue weighted by atomic mass is 9.63. The van der Waals surface area contributed by atoms with Crippen LogP contribution in [0, 0.1) is 11.3 Å². The number of benzene rings is 1. The van der Waals surface area contributed by atoms with Crippen LogP contribution in [-0.2, 0) is 9.53 Å². The van der Waals surface area contributed by atoms with Gasteiger partial charge in [-0.1, -0.05) is 31.2 Å². The van der Waals surface area contributed by atoms with Crippen LogP contribution in [0.5, 0.6) is 0 Å². The van der Waals surface area contributed by atoms with E-state index in [4.69, 9.17) is 4.74 Å². The van der Waals surface area contributed by atoms with E-state index in [2.05, 4.69) is 49.2 Å². The third-order valence-corrected chi connectivity index (χ3v) is 6.82. The molecule has 3 heterocycles. The molecule has 1 aromatic carbocycles. The van der Waals surface area contributed by atoms with Crippen molar-refractivity contribution in [1.29, 1.82) is 0 Å². The van der Waals surface area contributed by atoms with E-state index in [0.29, 0.717) is 18.9 Å². The SMILES string of the molecule is CCC12CCCN(C)CC3C=C(C1COC)N(C(=O)C2)c1ccccc13. The summed E-state index contributed by atoms with van der Waals surface area (Å²) in [5.74, 6) is 0.875. The molecule has 3 aliphatic rings. The summed E-state index contributed by atoms with van der Waals surface area (Å²) in [5, 5.41) is 0. The van der Waals surface area contributed by atoms with Crippen LogP contribution in [-0.4, -0.2) is 44.7 Å². The minimum atomic E-state index is 0.0183. The van der Waals surface area contributed by atoms with E-state index in [1.807, 2.05) is 4.90 Å². The van der Waals surface area contributed by atoms with Gasteiger partial charge in [0.05, 0.1) is 12.3 Å². The fraction of sp³-hybridized carbons (Fsp3) is 0.591. The first-order valence-electron chi connectivity index (χ1n) is 9.90. The molecule has 4 rings (SSSR count). The van der Waals surface area contributed by atoms with Gasteiger partial charge < -0.3 is 9.64 Å². The van der Waals surface area contributed by atoms with Crippen LogP contribution < -0.4 is 4.90 Å². The fourth-order valence-electron chi connectivity index (χ4n) is 5.40. The van der Waals surface area contributed by atoms with E-state index in [1.54, 1.807) is 7.11 Å². The molecule has 26 heavy (non-hydrogen) atoms. The van der Waals surface area contributed by atoms with Gasteiger partial charge in [0.1, 0.15) is 0 Å². The van der Waals surface area contributed by atoms with E-state index in [9.17, 15) is 4.79 Å². The number of fused-ring (bicyclic) bond motifs is 5. The van der Waals surface area contributed by atoms with Crippen molar-refractivity contribution >= 4 is 11.6 Å². The van der Waals surface area contributed by atoms with Gasteiger partial charge in [-0.05, 0) is 49.9 Å². The summed E-state index contributed by atoms with van der Waals surface area (Å²) in [5.41, 5.74) is 3.56. The summed E-state index contributed by atoms with van der Waals surface area (Å²) in [6.07, 6.45) is 6.24. The molecule has 1 amide bonds. The molecular weight excluding hydrogens is 324 g/mol. The molecule has 0 spiro atoms. The molecule has 3 aliphatic heterocycles. The highest BCUT2D eigenvalue weighted by Gasteiger charge is 2.50. The average molecular weight is 354 g/mol. The molecule has 0 aliphatic carbocycles. The smallest absolute Gasteiger partial charge is 0.231 e. The van der Waals surface area contributed by atoms with E-state index in [1.165, 1.54) is 11.3 Å². The highest BCUT2D eigenvalue weighted by atomic mass is 16.5. The highest BCUT2D eigenvalue weighted by molar-refractivity contribution is 6.00. The zero-order valence-electron chi connectivity index (χ0n) is 16.2. The molecule has 3 unspecified atom stereocenters. The zero-order chi connectivity index (χ0) is 18.3. The third-order valence-electron chi connectivity index (χ3n) is 6.82. The van der Waals surface area contributed by atoms with Gasteiger partial charge >= 0.3 is 0 Å². The molecule has 0 aromatic heterocycles. The number of methoxy groups -OCH3 is 1. The number of amides is 1. The first kappa shape index (κ1) is 17.7. The van der Waals surface area contributed by atoms with Crippen LogP contribution in [0.25, 0.3) is 0 Å². The van der Waals surface area contributed by atoms with Gasteiger partial charge in [0.2, 0.25) is 5.91 Å². The molecule has 4 heteroatoms. The summed E-state index contributed by atoms with van der Waals surface area (Å²) in [4.78, 5) is 17.8. The standard InChI is InChI=1S/C22H30N2O2/c1-4-22-10-7-11-23(2)14-16-12-20(18(22)15-26-3)24(21(25)13-22)19-9-6-5-8-17(16)19/h5-6,8-9,12,16,18H,4,7,10-11,13-15H2,1-3H3. The van der Waals surface area contributed by atoms with Crippen LogP contribution in [0.15, 0.2) is 36.0 Å². The van der Waals surface area contributed by atoms with Crippen molar-refractivity contribution in [1.82, 2.24) is 4.90 Å². The zero-order valence-corrected chi connectivity index (χ0v) is 16.2. The van der Waals surface area contributed by atoms with Gasteiger partial charge in [-0.2, -0.15) is 0 Å². The quantitative estimate of drug-likeness (QED) is 0.828. The molecule has 0 radical (unpaired) electrons. The minimum absolute atomic E-state index is 0.0183. The second-order valence-electron chi connectivity index (χ2n) is 8.25. The first-order chi connectivity index (χ1) is 12.6. The summed E-state index contributed by atoms with van der Waals surface area (Å²) >= 11 is 0. The predicted octanol–water partition coefficient (Wildman–Crippen LogP) is 3.79. The third kappa shape index (κ3) is 2.71. The maximum atomic E-state index is 13.3. The number of likely N-dealkylation sites (N-methyl/N-ethyl adjacent to an activating group) is 1. The number of para-hydroxylation sites is 1. The Balaban J connectivity index is 1.91. The number of hydrogen-bond acceptors (Lipinski definition) is 3. The first-order valence-corrected chi connectivity index (χ1v) is 9.90. The summed E-state index contributed by atoms with van der Waals surface area (Å²) in [6.45, 7) is 5.02. The lowest BCUT2D eigenvalue weighted by molar-refractivity contribution is -0.124. The number of anilines is 1. The van der Waals surface area contributed by atoms with E-state index < -0.39 is 0 Å². The Bertz CT molecular complexity index is 729. The Labute approximate surface area is 156 Å². The van der Waals surface area contributed by atoms with Crippen LogP contribution in [0.4, 0.5) is 5.69 Å². The molecule has 4 nitrogen and oxygen atoms in total. The van der Waals surface area contributed by atoms with Gasteiger partial charge in [0.15, 0.2) is 0 Å². The Morgan fingerprint density at radius 3 is 2.88 bits per heavy atom. The molecular formula is C22H30N2O2. The number of rotatable bonds is 3.